The topological polar surface area (TPSA) is 53.6 Å². The van der Waals surface area contributed by atoms with E-state index in [1.165, 1.54) is 19.3 Å². The molecule has 19 heavy (non-hydrogen) atoms. The lowest BCUT2D eigenvalue weighted by molar-refractivity contribution is 0.165. The van der Waals surface area contributed by atoms with E-state index in [1.54, 1.807) is 6.33 Å². The largest absolute Gasteiger partial charge is 0.313 e. The highest BCUT2D eigenvalue weighted by atomic mass is 32.2. The third-order valence-electron chi connectivity index (χ3n) is 4.14. The maximum atomic E-state index is 4.26. The van der Waals surface area contributed by atoms with Crippen LogP contribution in [0.25, 0.3) is 0 Å². The molecule has 3 atom stereocenters. The Bertz CT molecular complexity index is 371. The Kier molecular flexibility index (Phi) is 4.90. The smallest absolute Gasteiger partial charge is 0.183 e. The van der Waals surface area contributed by atoms with Crippen molar-refractivity contribution in [1.29, 1.82) is 0 Å². The number of thioether (sulfide) groups is 1. The van der Waals surface area contributed by atoms with Crippen molar-refractivity contribution in [3.05, 3.63) is 6.33 Å². The quantitative estimate of drug-likeness (QED) is 0.891. The van der Waals surface area contributed by atoms with Gasteiger partial charge < -0.3 is 5.32 Å². The van der Waals surface area contributed by atoms with Gasteiger partial charge in [-0.15, -0.1) is 0 Å². The first-order chi connectivity index (χ1) is 9.00. The van der Waals surface area contributed by atoms with Gasteiger partial charge in [-0.1, -0.05) is 39.5 Å². The van der Waals surface area contributed by atoms with E-state index in [2.05, 4.69) is 48.2 Å². The van der Waals surface area contributed by atoms with Crippen LogP contribution in [0, 0.1) is 11.3 Å². The minimum atomic E-state index is 0.400. The molecule has 2 N–H and O–H groups in total. The molecule has 1 saturated carbocycles. The Labute approximate surface area is 120 Å². The van der Waals surface area contributed by atoms with Gasteiger partial charge in [0.2, 0.25) is 0 Å². The van der Waals surface area contributed by atoms with Gasteiger partial charge in [0.15, 0.2) is 5.16 Å². The molecule has 0 saturated heterocycles. The van der Waals surface area contributed by atoms with Crippen LogP contribution in [0.2, 0.25) is 0 Å². The van der Waals surface area contributed by atoms with Gasteiger partial charge in [-0.05, 0) is 37.1 Å². The summed E-state index contributed by atoms with van der Waals surface area (Å²) in [7, 11) is 0. The number of nitrogens with zero attached hydrogens (tertiary/aromatic N) is 2. The van der Waals surface area contributed by atoms with Crippen LogP contribution in [0.5, 0.6) is 0 Å². The molecule has 1 aromatic rings. The van der Waals surface area contributed by atoms with Crippen molar-refractivity contribution in [2.24, 2.45) is 11.3 Å². The number of hydrogen-bond acceptors (Lipinski definition) is 4. The van der Waals surface area contributed by atoms with Crippen LogP contribution in [0.15, 0.2) is 11.5 Å². The number of H-pyrrole nitrogens is 1. The first-order valence-electron chi connectivity index (χ1n) is 7.26. The molecule has 0 aromatic carbocycles. The average molecular weight is 282 g/mol. The fourth-order valence-electron chi connectivity index (χ4n) is 2.94. The number of aromatic amines is 1. The molecule has 0 radical (unpaired) electrons. The van der Waals surface area contributed by atoms with Crippen LogP contribution >= 0.6 is 11.8 Å². The van der Waals surface area contributed by atoms with Gasteiger partial charge in [-0.2, -0.15) is 5.10 Å². The van der Waals surface area contributed by atoms with E-state index in [0.29, 0.717) is 16.7 Å². The van der Waals surface area contributed by atoms with Crippen LogP contribution < -0.4 is 5.32 Å². The highest BCUT2D eigenvalue weighted by Gasteiger charge is 2.36. The van der Waals surface area contributed by atoms with Gasteiger partial charge in [0, 0.05) is 11.3 Å². The molecule has 1 aliphatic rings. The van der Waals surface area contributed by atoms with Gasteiger partial charge in [0.25, 0.3) is 0 Å². The van der Waals surface area contributed by atoms with Gasteiger partial charge in [-0.3, -0.25) is 5.10 Å². The van der Waals surface area contributed by atoms with Crippen molar-refractivity contribution in [2.45, 2.75) is 63.4 Å². The van der Waals surface area contributed by atoms with E-state index >= 15 is 0 Å². The van der Waals surface area contributed by atoms with Crippen LogP contribution in [0.3, 0.4) is 0 Å². The second-order valence-electron chi connectivity index (χ2n) is 6.49. The fraction of sp³-hybridized carbons (Fsp3) is 0.857. The van der Waals surface area contributed by atoms with E-state index in [0.717, 1.165) is 17.6 Å². The van der Waals surface area contributed by atoms with E-state index < -0.39 is 0 Å². The molecule has 108 valence electrons. The summed E-state index contributed by atoms with van der Waals surface area (Å²) in [6.07, 6.45) is 5.44. The molecule has 4 nitrogen and oxygen atoms in total. The molecular formula is C14H26N4S. The minimum Gasteiger partial charge on any atom is -0.313 e. The zero-order valence-corrected chi connectivity index (χ0v) is 13.3. The van der Waals surface area contributed by atoms with E-state index in [4.69, 9.17) is 0 Å². The normalized spacial score (nSPS) is 28.5. The molecule has 0 bridgehead atoms. The lowest BCUT2D eigenvalue weighted by Crippen LogP contribution is -2.44. The Morgan fingerprint density at radius 3 is 2.79 bits per heavy atom. The Morgan fingerprint density at radius 1 is 1.42 bits per heavy atom. The van der Waals surface area contributed by atoms with Crippen molar-refractivity contribution in [2.75, 3.05) is 6.54 Å². The number of nitrogens with one attached hydrogen (secondary N) is 2. The summed E-state index contributed by atoms with van der Waals surface area (Å²) in [6.45, 7) is 10.3. The molecule has 1 fully saturated rings. The molecule has 2 rings (SSSR count). The Balaban J connectivity index is 2.04. The predicted molar refractivity (Wildman–Crippen MR) is 80.3 cm³/mol. The van der Waals surface area contributed by atoms with E-state index in [9.17, 15) is 0 Å². The summed E-state index contributed by atoms with van der Waals surface area (Å²) in [6, 6.07) is 0.596. The minimum absolute atomic E-state index is 0.400. The zero-order chi connectivity index (χ0) is 13.9. The predicted octanol–water partition coefficient (Wildman–Crippen LogP) is 3.09. The van der Waals surface area contributed by atoms with Crippen molar-refractivity contribution in [3.8, 4) is 0 Å². The van der Waals surface area contributed by atoms with Crippen LogP contribution in [0.1, 0.15) is 47.0 Å². The summed E-state index contributed by atoms with van der Waals surface area (Å²) in [5.74, 6) is 0.794. The molecule has 0 aliphatic heterocycles. The lowest BCUT2D eigenvalue weighted by Gasteiger charge is -2.41. The second kappa shape index (κ2) is 6.27. The van der Waals surface area contributed by atoms with Crippen molar-refractivity contribution >= 4 is 11.8 Å². The van der Waals surface area contributed by atoms with Gasteiger partial charge in [0.05, 0.1) is 0 Å². The molecular weight excluding hydrogens is 256 g/mol. The number of aromatic nitrogens is 3. The number of rotatable bonds is 4. The van der Waals surface area contributed by atoms with Crippen molar-refractivity contribution < 1.29 is 0 Å². The number of hydrogen-bond donors (Lipinski definition) is 2. The monoisotopic (exact) mass is 282 g/mol. The second-order valence-corrected chi connectivity index (χ2v) is 7.71. The van der Waals surface area contributed by atoms with Crippen LogP contribution in [-0.4, -0.2) is 33.0 Å². The fourth-order valence-corrected chi connectivity index (χ4v) is 4.16. The summed E-state index contributed by atoms with van der Waals surface area (Å²) in [5, 5.41) is 12.1. The molecule has 1 aromatic heterocycles. The molecule has 0 spiro atoms. The van der Waals surface area contributed by atoms with Crippen molar-refractivity contribution in [3.63, 3.8) is 0 Å². The highest BCUT2D eigenvalue weighted by molar-refractivity contribution is 7.99. The molecule has 5 heteroatoms. The van der Waals surface area contributed by atoms with E-state index in [1.807, 2.05) is 11.8 Å². The first-order valence-corrected chi connectivity index (χ1v) is 8.14. The van der Waals surface area contributed by atoms with Gasteiger partial charge >= 0.3 is 0 Å². The summed E-state index contributed by atoms with van der Waals surface area (Å²) in [4.78, 5) is 4.26. The third kappa shape index (κ3) is 3.96. The van der Waals surface area contributed by atoms with Gasteiger partial charge in [-0.25, -0.2) is 4.98 Å². The van der Waals surface area contributed by atoms with E-state index in [-0.39, 0.29) is 0 Å². The van der Waals surface area contributed by atoms with Crippen LogP contribution in [0.4, 0.5) is 0 Å². The Morgan fingerprint density at radius 2 is 2.21 bits per heavy atom. The first kappa shape index (κ1) is 14.9. The maximum absolute atomic E-state index is 4.26. The highest BCUT2D eigenvalue weighted by Crippen LogP contribution is 2.42. The maximum Gasteiger partial charge on any atom is 0.183 e. The summed E-state index contributed by atoms with van der Waals surface area (Å²) in [5.41, 5.74) is 0.400. The standard InChI is InChI=1S/C14H26N4S/c1-5-15-11-7-6-10(14(2,3)4)8-12(11)19-13-16-9-17-18-13/h9-12,15H,5-8H2,1-4H3,(H,16,17,18). The molecule has 1 heterocycles. The molecule has 3 unspecified atom stereocenters. The summed E-state index contributed by atoms with van der Waals surface area (Å²) >= 11 is 1.85. The SMILES string of the molecule is CCNC1CCC(C(C)(C)C)CC1Sc1ncn[nH]1. The Hall–Kier alpha value is -0.550. The summed E-state index contributed by atoms with van der Waals surface area (Å²) < 4.78 is 0. The molecule has 0 amide bonds. The van der Waals surface area contributed by atoms with Gasteiger partial charge in [0.1, 0.15) is 6.33 Å². The van der Waals surface area contributed by atoms with Crippen LogP contribution in [-0.2, 0) is 0 Å². The van der Waals surface area contributed by atoms with Crippen molar-refractivity contribution in [1.82, 2.24) is 20.5 Å². The third-order valence-corrected chi connectivity index (χ3v) is 5.38. The lowest BCUT2D eigenvalue weighted by atomic mass is 9.71. The molecule has 1 aliphatic carbocycles. The average Bonchev–Trinajstić information content (AvgIpc) is 2.83. The zero-order valence-electron chi connectivity index (χ0n) is 12.4.